The van der Waals surface area contributed by atoms with Crippen molar-refractivity contribution in [1.29, 1.82) is 0 Å². The van der Waals surface area contributed by atoms with Gasteiger partial charge in [0.05, 0.1) is 11.4 Å². The average molecular weight is 284 g/mol. The third-order valence-electron chi connectivity index (χ3n) is 3.38. The van der Waals surface area contributed by atoms with Crippen molar-refractivity contribution in [3.8, 4) is 11.1 Å². The molecule has 0 fully saturated rings. The Morgan fingerprint density at radius 1 is 0.591 bits per heavy atom. The Hall–Kier alpha value is -3.00. The van der Waals surface area contributed by atoms with Crippen molar-refractivity contribution in [3.05, 3.63) is 91.0 Å². The maximum atomic E-state index is 4.25. The first-order valence-corrected chi connectivity index (χ1v) is 7.15. The highest BCUT2D eigenvalue weighted by molar-refractivity contribution is 5.67. The largest absolute Gasteiger partial charge is 0.151 e. The van der Waals surface area contributed by atoms with E-state index in [1.54, 1.807) is 0 Å². The van der Waals surface area contributed by atoms with E-state index in [-0.39, 0.29) is 0 Å². The lowest BCUT2D eigenvalue weighted by molar-refractivity contribution is 1.23. The summed E-state index contributed by atoms with van der Waals surface area (Å²) in [5, 5.41) is 8.47. The highest BCUT2D eigenvalue weighted by atomic mass is 15.1. The van der Waals surface area contributed by atoms with Crippen LogP contribution in [0.3, 0.4) is 0 Å². The summed E-state index contributed by atoms with van der Waals surface area (Å²) < 4.78 is 0. The number of rotatable bonds is 4. The van der Waals surface area contributed by atoms with Crippen LogP contribution in [-0.4, -0.2) is 0 Å². The van der Waals surface area contributed by atoms with Crippen LogP contribution in [0.5, 0.6) is 0 Å². The van der Waals surface area contributed by atoms with Crippen molar-refractivity contribution in [3.63, 3.8) is 0 Å². The topological polar surface area (TPSA) is 24.7 Å². The minimum Gasteiger partial charge on any atom is -0.151 e. The second kappa shape index (κ2) is 6.64. The summed E-state index contributed by atoms with van der Waals surface area (Å²) in [4.78, 5) is 0. The Bertz CT molecular complexity index is 770. The Morgan fingerprint density at radius 2 is 1.09 bits per heavy atom. The van der Waals surface area contributed by atoms with Gasteiger partial charge < -0.3 is 0 Å². The van der Waals surface area contributed by atoms with E-state index in [2.05, 4.69) is 53.2 Å². The zero-order valence-electron chi connectivity index (χ0n) is 12.2. The van der Waals surface area contributed by atoms with Crippen molar-refractivity contribution in [2.45, 2.75) is 0 Å². The SMILES string of the molecule is C=Cc1ccc(-c2ccc(/N=N/c3ccccc3)cc2)cc1. The predicted molar refractivity (Wildman–Crippen MR) is 92.6 cm³/mol. The fourth-order valence-electron chi connectivity index (χ4n) is 2.14. The average Bonchev–Trinajstić information content (AvgIpc) is 2.61. The highest BCUT2D eigenvalue weighted by Gasteiger charge is 1.98. The maximum absolute atomic E-state index is 4.25. The summed E-state index contributed by atoms with van der Waals surface area (Å²) in [6.45, 7) is 3.77. The lowest BCUT2D eigenvalue weighted by atomic mass is 10.0. The van der Waals surface area contributed by atoms with Crippen LogP contribution in [0.2, 0.25) is 0 Å². The molecular weight excluding hydrogens is 268 g/mol. The quantitative estimate of drug-likeness (QED) is 0.494. The van der Waals surface area contributed by atoms with E-state index >= 15 is 0 Å². The summed E-state index contributed by atoms with van der Waals surface area (Å²) in [6.07, 6.45) is 1.84. The molecule has 3 rings (SSSR count). The van der Waals surface area contributed by atoms with Gasteiger partial charge in [-0.2, -0.15) is 10.2 Å². The van der Waals surface area contributed by atoms with Crippen LogP contribution in [-0.2, 0) is 0 Å². The predicted octanol–water partition coefficient (Wildman–Crippen LogP) is 6.41. The van der Waals surface area contributed by atoms with Crippen LogP contribution in [0, 0.1) is 0 Å². The molecule has 0 saturated heterocycles. The van der Waals surface area contributed by atoms with E-state index < -0.39 is 0 Å². The molecule has 0 radical (unpaired) electrons. The van der Waals surface area contributed by atoms with Crippen LogP contribution >= 0.6 is 0 Å². The van der Waals surface area contributed by atoms with E-state index in [9.17, 15) is 0 Å². The zero-order chi connectivity index (χ0) is 15.2. The number of hydrogen-bond donors (Lipinski definition) is 0. The third-order valence-corrected chi connectivity index (χ3v) is 3.38. The molecule has 3 aromatic carbocycles. The van der Waals surface area contributed by atoms with E-state index in [1.165, 1.54) is 5.56 Å². The Balaban J connectivity index is 1.77. The van der Waals surface area contributed by atoms with Crippen LogP contribution in [0.25, 0.3) is 17.2 Å². The molecule has 0 bridgehead atoms. The van der Waals surface area contributed by atoms with Crippen LogP contribution in [0.4, 0.5) is 11.4 Å². The zero-order valence-corrected chi connectivity index (χ0v) is 12.2. The lowest BCUT2D eigenvalue weighted by Crippen LogP contribution is -1.77. The monoisotopic (exact) mass is 284 g/mol. The molecule has 22 heavy (non-hydrogen) atoms. The fourth-order valence-corrected chi connectivity index (χ4v) is 2.14. The first-order valence-electron chi connectivity index (χ1n) is 7.15. The van der Waals surface area contributed by atoms with Crippen molar-refractivity contribution in [2.75, 3.05) is 0 Å². The molecular formula is C20H16N2. The molecule has 0 atom stereocenters. The molecule has 0 aromatic heterocycles. The first kappa shape index (κ1) is 14.0. The smallest absolute Gasteiger partial charge is 0.0857 e. The van der Waals surface area contributed by atoms with E-state index in [4.69, 9.17) is 0 Å². The van der Waals surface area contributed by atoms with Gasteiger partial charge in [0.15, 0.2) is 0 Å². The molecule has 3 aromatic rings. The van der Waals surface area contributed by atoms with Crippen LogP contribution in [0.1, 0.15) is 5.56 Å². The van der Waals surface area contributed by atoms with E-state index in [0.717, 1.165) is 22.5 Å². The highest BCUT2D eigenvalue weighted by Crippen LogP contribution is 2.24. The molecule has 0 aliphatic heterocycles. The standard InChI is InChI=1S/C20H16N2/c1-2-16-8-10-17(11-9-16)18-12-14-20(15-13-18)22-21-19-6-4-3-5-7-19/h2-15H,1H2/b22-21+. The van der Waals surface area contributed by atoms with Gasteiger partial charge in [0.1, 0.15) is 0 Å². The number of azo groups is 1. The molecule has 0 aliphatic rings. The van der Waals surface area contributed by atoms with Crippen LogP contribution < -0.4 is 0 Å². The Labute approximate surface area is 130 Å². The molecule has 2 heteroatoms. The molecule has 0 N–H and O–H groups in total. The minimum atomic E-state index is 0.843. The summed E-state index contributed by atoms with van der Waals surface area (Å²) in [6, 6.07) is 26.1. The minimum absolute atomic E-state index is 0.843. The van der Waals surface area contributed by atoms with Crippen LogP contribution in [0.15, 0.2) is 95.7 Å². The molecule has 0 heterocycles. The van der Waals surface area contributed by atoms with Gasteiger partial charge >= 0.3 is 0 Å². The van der Waals surface area contributed by atoms with Gasteiger partial charge in [-0.25, -0.2) is 0 Å². The maximum Gasteiger partial charge on any atom is 0.0857 e. The normalized spacial score (nSPS) is 10.7. The van der Waals surface area contributed by atoms with E-state index in [0.29, 0.717) is 0 Å². The molecule has 0 unspecified atom stereocenters. The van der Waals surface area contributed by atoms with Crippen molar-refractivity contribution < 1.29 is 0 Å². The number of hydrogen-bond acceptors (Lipinski definition) is 2. The Kier molecular flexibility index (Phi) is 4.21. The van der Waals surface area contributed by atoms with Gasteiger partial charge in [0.2, 0.25) is 0 Å². The first-order chi connectivity index (χ1) is 10.8. The fraction of sp³-hybridized carbons (Fsp3) is 0. The van der Waals surface area contributed by atoms with Crippen molar-refractivity contribution >= 4 is 17.5 Å². The summed E-state index contributed by atoms with van der Waals surface area (Å²) in [7, 11) is 0. The molecule has 0 aliphatic carbocycles. The van der Waals surface area contributed by atoms with Crippen molar-refractivity contribution in [1.82, 2.24) is 0 Å². The van der Waals surface area contributed by atoms with Gasteiger partial charge in [-0.1, -0.05) is 67.3 Å². The van der Waals surface area contributed by atoms with Gasteiger partial charge in [-0.3, -0.25) is 0 Å². The molecule has 0 amide bonds. The van der Waals surface area contributed by atoms with Gasteiger partial charge in [-0.15, -0.1) is 0 Å². The number of benzene rings is 3. The lowest BCUT2D eigenvalue weighted by Gasteiger charge is -2.02. The summed E-state index contributed by atoms with van der Waals surface area (Å²) in [5.74, 6) is 0. The summed E-state index contributed by atoms with van der Waals surface area (Å²) in [5.41, 5.74) is 5.16. The third kappa shape index (κ3) is 3.36. The Morgan fingerprint density at radius 3 is 1.64 bits per heavy atom. The summed E-state index contributed by atoms with van der Waals surface area (Å²) >= 11 is 0. The second-order valence-corrected chi connectivity index (χ2v) is 4.91. The van der Waals surface area contributed by atoms with Crippen molar-refractivity contribution in [2.24, 2.45) is 10.2 Å². The molecule has 0 saturated carbocycles. The molecule has 106 valence electrons. The van der Waals surface area contributed by atoms with Gasteiger partial charge in [0.25, 0.3) is 0 Å². The molecule has 2 nitrogen and oxygen atoms in total. The van der Waals surface area contributed by atoms with Gasteiger partial charge in [-0.05, 0) is 41.0 Å². The molecule has 0 spiro atoms. The van der Waals surface area contributed by atoms with Gasteiger partial charge in [0, 0.05) is 0 Å². The second-order valence-electron chi connectivity index (χ2n) is 4.91. The number of nitrogens with zero attached hydrogens (tertiary/aromatic N) is 2. The van der Waals surface area contributed by atoms with E-state index in [1.807, 2.05) is 48.5 Å².